The molecule has 0 spiro atoms. The summed E-state index contributed by atoms with van der Waals surface area (Å²) in [5.74, 6) is -0.0177. The van der Waals surface area contributed by atoms with Gasteiger partial charge in [-0.05, 0) is 38.7 Å². The van der Waals surface area contributed by atoms with Crippen molar-refractivity contribution in [2.45, 2.75) is 6.42 Å². The van der Waals surface area contributed by atoms with Gasteiger partial charge in [0.2, 0.25) is 0 Å². The summed E-state index contributed by atoms with van der Waals surface area (Å²) in [6, 6.07) is 7.60. The number of amides is 1. The van der Waals surface area contributed by atoms with Crippen molar-refractivity contribution in [2.24, 2.45) is 5.73 Å². The van der Waals surface area contributed by atoms with Crippen LogP contribution in [0.4, 0.5) is 0 Å². The molecule has 0 atom stereocenters. The second-order valence-electron chi connectivity index (χ2n) is 4.25. The Bertz CT molecular complexity index is 363. The molecule has 94 valence electrons. The van der Waals surface area contributed by atoms with Crippen LogP contribution in [0.5, 0.6) is 0 Å². The first-order valence-electron chi connectivity index (χ1n) is 5.86. The highest BCUT2D eigenvalue weighted by Gasteiger charge is 2.09. The lowest BCUT2D eigenvalue weighted by Gasteiger charge is -2.12. The SMILES string of the molecule is CN(C)CCNC(=O)c1ccccc1CCN. The average molecular weight is 235 g/mol. The standard InChI is InChI=1S/C13H21N3O/c1-16(2)10-9-15-13(17)12-6-4-3-5-11(12)7-8-14/h3-6H,7-10,14H2,1-2H3,(H,15,17). The Morgan fingerprint density at radius 2 is 2.06 bits per heavy atom. The smallest absolute Gasteiger partial charge is 0.251 e. The van der Waals surface area contributed by atoms with Crippen molar-refractivity contribution in [3.63, 3.8) is 0 Å². The van der Waals surface area contributed by atoms with Crippen molar-refractivity contribution >= 4 is 5.91 Å². The molecule has 0 bridgehead atoms. The van der Waals surface area contributed by atoms with Gasteiger partial charge >= 0.3 is 0 Å². The first kappa shape index (κ1) is 13.7. The van der Waals surface area contributed by atoms with Gasteiger partial charge in [0.25, 0.3) is 5.91 Å². The Morgan fingerprint density at radius 3 is 2.71 bits per heavy atom. The maximum Gasteiger partial charge on any atom is 0.251 e. The zero-order valence-electron chi connectivity index (χ0n) is 10.6. The van der Waals surface area contributed by atoms with E-state index in [1.165, 1.54) is 0 Å². The van der Waals surface area contributed by atoms with E-state index in [1.807, 2.05) is 43.3 Å². The highest BCUT2D eigenvalue weighted by molar-refractivity contribution is 5.95. The summed E-state index contributed by atoms with van der Waals surface area (Å²) in [4.78, 5) is 14.0. The van der Waals surface area contributed by atoms with Crippen LogP contribution in [0.1, 0.15) is 15.9 Å². The van der Waals surface area contributed by atoms with Crippen LogP contribution in [0.15, 0.2) is 24.3 Å². The summed E-state index contributed by atoms with van der Waals surface area (Å²) in [5.41, 5.74) is 7.28. The Labute approximate surface area is 103 Å². The molecule has 1 aromatic rings. The lowest BCUT2D eigenvalue weighted by Crippen LogP contribution is -2.32. The minimum absolute atomic E-state index is 0.0177. The molecule has 0 unspecified atom stereocenters. The molecule has 0 aliphatic heterocycles. The van der Waals surface area contributed by atoms with E-state index < -0.39 is 0 Å². The number of carbonyl (C=O) groups excluding carboxylic acids is 1. The quantitative estimate of drug-likeness (QED) is 0.754. The van der Waals surface area contributed by atoms with Crippen LogP contribution < -0.4 is 11.1 Å². The van der Waals surface area contributed by atoms with Gasteiger partial charge in [0.1, 0.15) is 0 Å². The Morgan fingerprint density at radius 1 is 1.35 bits per heavy atom. The van der Waals surface area contributed by atoms with E-state index in [2.05, 4.69) is 5.32 Å². The molecule has 0 saturated heterocycles. The van der Waals surface area contributed by atoms with Gasteiger partial charge < -0.3 is 16.0 Å². The number of hydrogen-bond acceptors (Lipinski definition) is 3. The molecule has 0 aliphatic carbocycles. The highest BCUT2D eigenvalue weighted by atomic mass is 16.1. The average Bonchev–Trinajstić information content (AvgIpc) is 2.29. The number of nitrogens with two attached hydrogens (primary N) is 1. The zero-order chi connectivity index (χ0) is 12.7. The van der Waals surface area contributed by atoms with Gasteiger partial charge in [-0.2, -0.15) is 0 Å². The molecular formula is C13H21N3O. The van der Waals surface area contributed by atoms with Gasteiger partial charge in [-0.25, -0.2) is 0 Å². The first-order chi connectivity index (χ1) is 8.15. The lowest BCUT2D eigenvalue weighted by molar-refractivity contribution is 0.0950. The van der Waals surface area contributed by atoms with Crippen LogP contribution in [0.3, 0.4) is 0 Å². The maximum atomic E-state index is 12.0. The predicted octanol–water partition coefficient (Wildman–Crippen LogP) is 0.479. The molecule has 0 aromatic heterocycles. The maximum absolute atomic E-state index is 12.0. The number of carbonyl (C=O) groups is 1. The van der Waals surface area contributed by atoms with E-state index in [9.17, 15) is 4.79 Å². The molecule has 1 aromatic carbocycles. The van der Waals surface area contributed by atoms with E-state index in [-0.39, 0.29) is 5.91 Å². The van der Waals surface area contributed by atoms with E-state index in [0.29, 0.717) is 13.1 Å². The van der Waals surface area contributed by atoms with Crippen molar-refractivity contribution < 1.29 is 4.79 Å². The largest absolute Gasteiger partial charge is 0.351 e. The van der Waals surface area contributed by atoms with Crippen LogP contribution in [0, 0.1) is 0 Å². The normalized spacial score (nSPS) is 10.6. The predicted molar refractivity (Wildman–Crippen MR) is 70.1 cm³/mol. The Balaban J connectivity index is 2.61. The number of benzene rings is 1. The van der Waals surface area contributed by atoms with Gasteiger partial charge in [0.05, 0.1) is 0 Å². The monoisotopic (exact) mass is 235 g/mol. The third kappa shape index (κ3) is 4.54. The molecule has 0 saturated carbocycles. The zero-order valence-corrected chi connectivity index (χ0v) is 10.6. The summed E-state index contributed by atoms with van der Waals surface area (Å²) in [5, 5.41) is 2.91. The van der Waals surface area contributed by atoms with Gasteiger partial charge in [0.15, 0.2) is 0 Å². The molecule has 1 rings (SSSR count). The molecule has 4 heteroatoms. The van der Waals surface area contributed by atoms with Crippen LogP contribution in [-0.2, 0) is 6.42 Å². The number of rotatable bonds is 6. The molecule has 4 nitrogen and oxygen atoms in total. The fraction of sp³-hybridized carbons (Fsp3) is 0.462. The van der Waals surface area contributed by atoms with E-state index in [4.69, 9.17) is 5.73 Å². The number of likely N-dealkylation sites (N-methyl/N-ethyl adjacent to an activating group) is 1. The summed E-state index contributed by atoms with van der Waals surface area (Å²) >= 11 is 0. The highest BCUT2D eigenvalue weighted by Crippen LogP contribution is 2.08. The topological polar surface area (TPSA) is 58.4 Å². The fourth-order valence-corrected chi connectivity index (χ4v) is 1.60. The van der Waals surface area contributed by atoms with Crippen LogP contribution in [0.25, 0.3) is 0 Å². The van der Waals surface area contributed by atoms with Crippen molar-refractivity contribution in [1.29, 1.82) is 0 Å². The van der Waals surface area contributed by atoms with Crippen LogP contribution in [0.2, 0.25) is 0 Å². The van der Waals surface area contributed by atoms with Gasteiger partial charge in [0, 0.05) is 18.7 Å². The summed E-state index contributed by atoms with van der Waals surface area (Å²) in [6.07, 6.45) is 0.733. The van der Waals surface area contributed by atoms with Crippen LogP contribution in [-0.4, -0.2) is 44.5 Å². The molecule has 3 N–H and O–H groups in total. The summed E-state index contributed by atoms with van der Waals surface area (Å²) in [6.45, 7) is 2.05. The first-order valence-corrected chi connectivity index (χ1v) is 5.86. The molecule has 17 heavy (non-hydrogen) atoms. The molecule has 0 heterocycles. The molecule has 0 aliphatic rings. The van der Waals surface area contributed by atoms with Crippen LogP contribution >= 0.6 is 0 Å². The van der Waals surface area contributed by atoms with Crippen molar-refractivity contribution in [2.75, 3.05) is 33.7 Å². The fourth-order valence-electron chi connectivity index (χ4n) is 1.60. The van der Waals surface area contributed by atoms with Gasteiger partial charge in [-0.1, -0.05) is 18.2 Å². The molecule has 0 radical (unpaired) electrons. The third-order valence-corrected chi connectivity index (χ3v) is 2.52. The number of nitrogens with zero attached hydrogens (tertiary/aromatic N) is 1. The Kier molecular flexibility index (Phi) is 5.66. The summed E-state index contributed by atoms with van der Waals surface area (Å²) < 4.78 is 0. The van der Waals surface area contributed by atoms with Gasteiger partial charge in [-0.3, -0.25) is 4.79 Å². The molecule has 1 amide bonds. The van der Waals surface area contributed by atoms with E-state index in [1.54, 1.807) is 0 Å². The van der Waals surface area contributed by atoms with E-state index in [0.717, 1.165) is 24.1 Å². The number of hydrogen-bond donors (Lipinski definition) is 2. The third-order valence-electron chi connectivity index (χ3n) is 2.52. The van der Waals surface area contributed by atoms with Crippen molar-refractivity contribution in [3.05, 3.63) is 35.4 Å². The second-order valence-corrected chi connectivity index (χ2v) is 4.25. The Hall–Kier alpha value is -1.39. The minimum atomic E-state index is -0.0177. The minimum Gasteiger partial charge on any atom is -0.351 e. The van der Waals surface area contributed by atoms with E-state index >= 15 is 0 Å². The second kappa shape index (κ2) is 7.04. The molecule has 0 fully saturated rings. The van der Waals surface area contributed by atoms with Crippen molar-refractivity contribution in [3.8, 4) is 0 Å². The van der Waals surface area contributed by atoms with Gasteiger partial charge in [-0.15, -0.1) is 0 Å². The van der Waals surface area contributed by atoms with Crippen molar-refractivity contribution in [1.82, 2.24) is 10.2 Å². The number of nitrogens with one attached hydrogen (secondary N) is 1. The molecular weight excluding hydrogens is 214 g/mol. The lowest BCUT2D eigenvalue weighted by atomic mass is 10.0. The summed E-state index contributed by atoms with van der Waals surface area (Å²) in [7, 11) is 3.96.